The molecule has 1 N–H and O–H groups in total. The van der Waals surface area contributed by atoms with Crippen LogP contribution in [0.3, 0.4) is 0 Å². The van der Waals surface area contributed by atoms with Gasteiger partial charge in [0.25, 0.3) is 5.91 Å². The lowest BCUT2D eigenvalue weighted by molar-refractivity contribution is 0.0920. The van der Waals surface area contributed by atoms with Crippen molar-refractivity contribution in [3.05, 3.63) is 47.6 Å². The van der Waals surface area contributed by atoms with Gasteiger partial charge in [-0.05, 0) is 25.1 Å². The van der Waals surface area contributed by atoms with Crippen LogP contribution in [0.15, 0.2) is 35.0 Å². The van der Waals surface area contributed by atoms with Crippen molar-refractivity contribution in [1.82, 2.24) is 20.0 Å². The predicted octanol–water partition coefficient (Wildman–Crippen LogP) is 1.86. The number of hydrogen-bond acceptors (Lipinski definition) is 5. The maximum atomic E-state index is 12.6. The average molecular weight is 340 g/mol. The molecule has 0 radical (unpaired) electrons. The second-order valence-electron chi connectivity index (χ2n) is 6.55. The Hall–Kier alpha value is -2.67. The molecular formula is C18H20N4O3. The monoisotopic (exact) mass is 340 g/mol. The fraction of sp³-hybridized carbons (Fsp3) is 0.389. The number of hydrogen-bond donors (Lipinski definition) is 1. The van der Waals surface area contributed by atoms with E-state index in [-0.39, 0.29) is 17.9 Å². The van der Waals surface area contributed by atoms with Crippen molar-refractivity contribution in [2.45, 2.75) is 19.4 Å². The van der Waals surface area contributed by atoms with Crippen LogP contribution >= 0.6 is 0 Å². The third-order valence-electron chi connectivity index (χ3n) is 4.60. The lowest BCUT2D eigenvalue weighted by Gasteiger charge is -2.17. The van der Waals surface area contributed by atoms with Gasteiger partial charge in [-0.3, -0.25) is 4.79 Å². The standard InChI is InChI=1S/C18H20N4O3/c1-11-7-14(25-21-11)8-13-9-24-10-16(13)20-18(23)15-4-3-12-5-6-22(2)17(12)19-15/h3-7,13,16H,8-10H2,1-2H3,(H,20,23)/t13-,16+/m1/s1. The number of fused-ring (bicyclic) bond motifs is 1. The molecular weight excluding hydrogens is 320 g/mol. The van der Waals surface area contributed by atoms with Gasteiger partial charge in [-0.15, -0.1) is 0 Å². The lowest BCUT2D eigenvalue weighted by atomic mass is 9.98. The molecule has 1 aliphatic heterocycles. The summed E-state index contributed by atoms with van der Waals surface area (Å²) in [6.45, 7) is 2.98. The molecule has 130 valence electrons. The van der Waals surface area contributed by atoms with Crippen LogP contribution in [-0.2, 0) is 18.2 Å². The fourth-order valence-electron chi connectivity index (χ4n) is 3.23. The molecule has 7 nitrogen and oxygen atoms in total. The van der Waals surface area contributed by atoms with Crippen molar-refractivity contribution in [2.24, 2.45) is 13.0 Å². The Labute approximate surface area is 145 Å². The SMILES string of the molecule is Cc1cc(C[C@@H]2COC[C@@H]2NC(=O)c2ccc3ccn(C)c3n2)on1. The van der Waals surface area contributed by atoms with Gasteiger partial charge in [0.15, 0.2) is 0 Å². The molecule has 1 aliphatic rings. The molecule has 0 spiro atoms. The zero-order valence-electron chi connectivity index (χ0n) is 14.2. The van der Waals surface area contributed by atoms with Gasteiger partial charge in [0.2, 0.25) is 0 Å². The van der Waals surface area contributed by atoms with Gasteiger partial charge in [-0.25, -0.2) is 4.98 Å². The predicted molar refractivity (Wildman–Crippen MR) is 91.2 cm³/mol. The van der Waals surface area contributed by atoms with E-state index < -0.39 is 0 Å². The average Bonchev–Trinajstić information content (AvgIpc) is 3.30. The first-order valence-corrected chi connectivity index (χ1v) is 8.33. The molecule has 3 aromatic rings. The van der Waals surface area contributed by atoms with Crippen LogP contribution in [0.1, 0.15) is 21.9 Å². The number of rotatable bonds is 4. The van der Waals surface area contributed by atoms with Gasteiger partial charge in [0.1, 0.15) is 17.1 Å². The number of aromatic nitrogens is 3. The molecule has 3 aromatic heterocycles. The van der Waals surface area contributed by atoms with E-state index in [0.717, 1.165) is 22.5 Å². The molecule has 0 aliphatic carbocycles. The fourth-order valence-corrected chi connectivity index (χ4v) is 3.23. The molecule has 1 fully saturated rings. The number of carbonyl (C=O) groups is 1. The number of ether oxygens (including phenoxy) is 1. The number of aryl methyl sites for hydroxylation is 2. The van der Waals surface area contributed by atoms with E-state index >= 15 is 0 Å². The number of carbonyl (C=O) groups excluding carboxylic acids is 1. The molecule has 0 saturated carbocycles. The third-order valence-corrected chi connectivity index (χ3v) is 4.60. The zero-order chi connectivity index (χ0) is 17.4. The molecule has 4 heterocycles. The Bertz CT molecular complexity index is 914. The summed E-state index contributed by atoms with van der Waals surface area (Å²) in [4.78, 5) is 17.1. The summed E-state index contributed by atoms with van der Waals surface area (Å²) in [5, 5.41) is 7.98. The van der Waals surface area contributed by atoms with Gasteiger partial charge in [-0.1, -0.05) is 5.16 Å². The van der Waals surface area contributed by atoms with E-state index in [9.17, 15) is 4.79 Å². The van der Waals surface area contributed by atoms with Crippen molar-refractivity contribution in [3.8, 4) is 0 Å². The van der Waals surface area contributed by atoms with Gasteiger partial charge < -0.3 is 19.1 Å². The summed E-state index contributed by atoms with van der Waals surface area (Å²) in [7, 11) is 1.91. The van der Waals surface area contributed by atoms with E-state index in [2.05, 4.69) is 15.5 Å². The highest BCUT2D eigenvalue weighted by Crippen LogP contribution is 2.20. The van der Waals surface area contributed by atoms with E-state index in [1.54, 1.807) is 6.07 Å². The summed E-state index contributed by atoms with van der Waals surface area (Å²) in [6, 6.07) is 7.50. The number of nitrogens with zero attached hydrogens (tertiary/aromatic N) is 3. The molecule has 7 heteroatoms. The minimum atomic E-state index is -0.183. The Kier molecular flexibility index (Phi) is 4.01. The van der Waals surface area contributed by atoms with Crippen molar-refractivity contribution < 1.29 is 14.1 Å². The largest absolute Gasteiger partial charge is 0.379 e. The maximum Gasteiger partial charge on any atom is 0.270 e. The van der Waals surface area contributed by atoms with Crippen LogP contribution in [0, 0.1) is 12.8 Å². The Morgan fingerprint density at radius 3 is 3.04 bits per heavy atom. The van der Waals surface area contributed by atoms with E-state index in [1.807, 2.05) is 42.9 Å². The van der Waals surface area contributed by atoms with Crippen LogP contribution in [-0.4, -0.2) is 39.9 Å². The first-order chi connectivity index (χ1) is 12.1. The van der Waals surface area contributed by atoms with Gasteiger partial charge in [0, 0.05) is 37.0 Å². The first kappa shape index (κ1) is 15.8. The Morgan fingerprint density at radius 2 is 2.24 bits per heavy atom. The number of nitrogens with one attached hydrogen (secondary N) is 1. The van der Waals surface area contributed by atoms with Crippen LogP contribution in [0.25, 0.3) is 11.0 Å². The van der Waals surface area contributed by atoms with Gasteiger partial charge in [-0.2, -0.15) is 0 Å². The van der Waals surface area contributed by atoms with Crippen molar-refractivity contribution in [2.75, 3.05) is 13.2 Å². The quantitative estimate of drug-likeness (QED) is 0.784. The minimum Gasteiger partial charge on any atom is -0.379 e. The molecule has 25 heavy (non-hydrogen) atoms. The highest BCUT2D eigenvalue weighted by Gasteiger charge is 2.31. The van der Waals surface area contributed by atoms with Gasteiger partial charge >= 0.3 is 0 Å². The first-order valence-electron chi connectivity index (χ1n) is 8.33. The third kappa shape index (κ3) is 3.15. The van der Waals surface area contributed by atoms with Gasteiger partial charge in [0.05, 0.1) is 24.9 Å². The summed E-state index contributed by atoms with van der Waals surface area (Å²) in [5.41, 5.74) is 2.06. The highest BCUT2D eigenvalue weighted by molar-refractivity contribution is 5.94. The van der Waals surface area contributed by atoms with Crippen LogP contribution in [0.4, 0.5) is 0 Å². The smallest absolute Gasteiger partial charge is 0.270 e. The number of amides is 1. The molecule has 1 amide bonds. The van der Waals surface area contributed by atoms with Crippen molar-refractivity contribution in [3.63, 3.8) is 0 Å². The second-order valence-corrected chi connectivity index (χ2v) is 6.55. The Balaban J connectivity index is 1.47. The Morgan fingerprint density at radius 1 is 1.36 bits per heavy atom. The normalized spacial score (nSPS) is 20.2. The van der Waals surface area contributed by atoms with Crippen molar-refractivity contribution >= 4 is 16.9 Å². The van der Waals surface area contributed by atoms with Crippen molar-refractivity contribution in [1.29, 1.82) is 0 Å². The highest BCUT2D eigenvalue weighted by atomic mass is 16.5. The number of pyridine rings is 1. The van der Waals surface area contributed by atoms with Crippen LogP contribution < -0.4 is 5.32 Å². The molecule has 2 atom stereocenters. The molecule has 4 rings (SSSR count). The minimum absolute atomic E-state index is 0.0659. The molecule has 0 unspecified atom stereocenters. The zero-order valence-corrected chi connectivity index (χ0v) is 14.2. The summed E-state index contributed by atoms with van der Waals surface area (Å²) < 4.78 is 12.7. The summed E-state index contributed by atoms with van der Waals surface area (Å²) in [6.07, 6.45) is 2.62. The van der Waals surface area contributed by atoms with E-state index in [4.69, 9.17) is 9.26 Å². The maximum absolute atomic E-state index is 12.6. The summed E-state index contributed by atoms with van der Waals surface area (Å²) in [5.74, 6) is 0.794. The topological polar surface area (TPSA) is 82.2 Å². The molecule has 1 saturated heterocycles. The molecule has 0 aromatic carbocycles. The van der Waals surface area contributed by atoms with E-state index in [1.165, 1.54) is 0 Å². The molecule has 0 bridgehead atoms. The van der Waals surface area contributed by atoms with Crippen LogP contribution in [0.5, 0.6) is 0 Å². The second kappa shape index (κ2) is 6.33. The summed E-state index contributed by atoms with van der Waals surface area (Å²) >= 11 is 0. The van der Waals surface area contributed by atoms with Crippen LogP contribution in [0.2, 0.25) is 0 Å². The lowest BCUT2D eigenvalue weighted by Crippen LogP contribution is -2.40. The van der Waals surface area contributed by atoms with E-state index in [0.29, 0.717) is 25.3 Å².